The molecule has 100 valence electrons. The molecule has 0 aromatic heterocycles. The zero-order valence-corrected chi connectivity index (χ0v) is 11.4. The van der Waals surface area contributed by atoms with E-state index in [1.807, 2.05) is 37.3 Å². The molecule has 2 unspecified atom stereocenters. The van der Waals surface area contributed by atoms with Gasteiger partial charge in [-0.2, -0.15) is 0 Å². The fourth-order valence-corrected chi connectivity index (χ4v) is 2.60. The first kappa shape index (κ1) is 15.0. The van der Waals surface area contributed by atoms with Crippen molar-refractivity contribution < 1.29 is 9.90 Å². The fourth-order valence-electron chi connectivity index (χ4n) is 2.60. The first-order valence-electron chi connectivity index (χ1n) is 6.18. The Hall–Kier alpha value is -1.06. The molecule has 0 saturated carbocycles. The lowest BCUT2D eigenvalue weighted by atomic mass is 9.73. The van der Waals surface area contributed by atoms with Gasteiger partial charge in [0.05, 0.1) is 0 Å². The lowest BCUT2D eigenvalue weighted by Gasteiger charge is -2.37. The number of piperidine rings is 1. The van der Waals surface area contributed by atoms with Crippen molar-refractivity contribution in [1.82, 2.24) is 5.32 Å². The molecule has 18 heavy (non-hydrogen) atoms. The number of halogens is 1. The van der Waals surface area contributed by atoms with E-state index in [-0.39, 0.29) is 18.4 Å². The van der Waals surface area contributed by atoms with Gasteiger partial charge in [-0.1, -0.05) is 36.8 Å². The molecule has 2 N–H and O–H groups in total. The van der Waals surface area contributed by atoms with E-state index in [1.54, 1.807) is 0 Å². The van der Waals surface area contributed by atoms with Gasteiger partial charge in [-0.05, 0) is 31.9 Å². The van der Waals surface area contributed by atoms with Crippen LogP contribution in [0.2, 0.25) is 0 Å². The highest BCUT2D eigenvalue weighted by molar-refractivity contribution is 5.85. The molecule has 3 nitrogen and oxygen atoms in total. The van der Waals surface area contributed by atoms with Crippen molar-refractivity contribution in [1.29, 1.82) is 0 Å². The number of carboxylic acids is 1. The zero-order valence-electron chi connectivity index (χ0n) is 10.6. The molecule has 0 bridgehead atoms. The summed E-state index contributed by atoms with van der Waals surface area (Å²) < 4.78 is 0. The minimum absolute atomic E-state index is 0. The number of carboxylic acid groups (broad SMARTS) is 1. The van der Waals surface area contributed by atoms with Crippen LogP contribution in [-0.4, -0.2) is 23.7 Å². The summed E-state index contributed by atoms with van der Waals surface area (Å²) in [5.41, 5.74) is 0.0497. The van der Waals surface area contributed by atoms with Crippen LogP contribution in [0.15, 0.2) is 30.3 Å². The normalized spacial score (nSPS) is 22.6. The van der Waals surface area contributed by atoms with Crippen molar-refractivity contribution in [2.45, 2.75) is 37.6 Å². The number of carbonyl (C=O) groups is 1. The number of hydrogen-bond donors (Lipinski definition) is 2. The molecule has 2 rings (SSSR count). The predicted octanol–water partition coefficient (Wildman–Crippen LogP) is 2.59. The third-order valence-corrected chi connectivity index (χ3v) is 3.82. The average Bonchev–Trinajstić information content (AvgIpc) is 2.39. The zero-order chi connectivity index (χ0) is 12.3. The summed E-state index contributed by atoms with van der Waals surface area (Å²) >= 11 is 0. The van der Waals surface area contributed by atoms with E-state index >= 15 is 0 Å². The van der Waals surface area contributed by atoms with Gasteiger partial charge < -0.3 is 10.4 Å². The van der Waals surface area contributed by atoms with Gasteiger partial charge in [0.15, 0.2) is 0 Å². The van der Waals surface area contributed by atoms with E-state index in [9.17, 15) is 9.90 Å². The van der Waals surface area contributed by atoms with E-state index < -0.39 is 11.4 Å². The number of rotatable bonds is 3. The van der Waals surface area contributed by atoms with Crippen molar-refractivity contribution in [2.24, 2.45) is 0 Å². The molecule has 1 fully saturated rings. The smallest absolute Gasteiger partial charge is 0.315 e. The predicted molar refractivity (Wildman–Crippen MR) is 74.3 cm³/mol. The van der Waals surface area contributed by atoms with Crippen LogP contribution in [0.4, 0.5) is 0 Å². The Kier molecular flexibility index (Phi) is 5.17. The largest absolute Gasteiger partial charge is 0.481 e. The standard InChI is InChI=1S/C14H19NO2.ClH/c1-14(13(16)17,11-7-3-2-4-8-11)12-9-5-6-10-15-12;/h2-4,7-8,12,15H,5-6,9-10H2,1H3,(H,16,17);1H. The van der Waals surface area contributed by atoms with Crippen LogP contribution in [-0.2, 0) is 10.2 Å². The van der Waals surface area contributed by atoms with E-state index in [0.29, 0.717) is 0 Å². The monoisotopic (exact) mass is 269 g/mol. The number of aliphatic carboxylic acids is 1. The first-order valence-corrected chi connectivity index (χ1v) is 6.18. The van der Waals surface area contributed by atoms with Gasteiger partial charge in [0.2, 0.25) is 0 Å². The van der Waals surface area contributed by atoms with E-state index in [4.69, 9.17) is 0 Å². The maximum Gasteiger partial charge on any atom is 0.315 e. The van der Waals surface area contributed by atoms with E-state index in [1.165, 1.54) is 0 Å². The van der Waals surface area contributed by atoms with Crippen LogP contribution in [0, 0.1) is 0 Å². The highest BCUT2D eigenvalue weighted by Gasteiger charge is 2.43. The lowest BCUT2D eigenvalue weighted by molar-refractivity contribution is -0.144. The van der Waals surface area contributed by atoms with Crippen LogP contribution in [0.25, 0.3) is 0 Å². The highest BCUT2D eigenvalue weighted by Crippen LogP contribution is 2.32. The molecule has 1 heterocycles. The fraction of sp³-hybridized carbons (Fsp3) is 0.500. The van der Waals surface area contributed by atoms with Crippen LogP contribution in [0.3, 0.4) is 0 Å². The number of hydrogen-bond acceptors (Lipinski definition) is 2. The molecule has 1 aliphatic rings. The molecule has 1 aromatic rings. The third-order valence-electron chi connectivity index (χ3n) is 3.82. The molecule has 4 heteroatoms. The molecule has 1 aromatic carbocycles. The Morgan fingerprint density at radius 2 is 2.00 bits per heavy atom. The Labute approximate surface area is 114 Å². The maximum atomic E-state index is 11.7. The molecule has 1 aliphatic heterocycles. The van der Waals surface area contributed by atoms with Gasteiger partial charge >= 0.3 is 5.97 Å². The van der Waals surface area contributed by atoms with E-state index in [2.05, 4.69) is 5.32 Å². The van der Waals surface area contributed by atoms with Crippen molar-refractivity contribution in [3.8, 4) is 0 Å². The van der Waals surface area contributed by atoms with Crippen LogP contribution in [0.5, 0.6) is 0 Å². The first-order chi connectivity index (χ1) is 8.15. The van der Waals surface area contributed by atoms with Crippen LogP contribution in [0.1, 0.15) is 31.7 Å². The van der Waals surface area contributed by atoms with Crippen molar-refractivity contribution in [3.63, 3.8) is 0 Å². The molecular weight excluding hydrogens is 250 g/mol. The van der Waals surface area contributed by atoms with Gasteiger partial charge in [0.1, 0.15) is 5.41 Å². The van der Waals surface area contributed by atoms with Crippen LogP contribution < -0.4 is 5.32 Å². The Morgan fingerprint density at radius 1 is 1.33 bits per heavy atom. The minimum Gasteiger partial charge on any atom is -0.481 e. The summed E-state index contributed by atoms with van der Waals surface area (Å²) in [6, 6.07) is 9.56. The van der Waals surface area contributed by atoms with Crippen molar-refractivity contribution in [2.75, 3.05) is 6.54 Å². The van der Waals surface area contributed by atoms with Crippen LogP contribution >= 0.6 is 12.4 Å². The Morgan fingerprint density at radius 3 is 2.50 bits per heavy atom. The second-order valence-electron chi connectivity index (χ2n) is 4.88. The summed E-state index contributed by atoms with van der Waals surface area (Å²) in [7, 11) is 0. The molecule has 2 atom stereocenters. The van der Waals surface area contributed by atoms with Gasteiger partial charge in [-0.25, -0.2) is 0 Å². The molecular formula is C14H20ClNO2. The van der Waals surface area contributed by atoms with E-state index in [0.717, 1.165) is 31.4 Å². The summed E-state index contributed by atoms with van der Waals surface area (Å²) in [6.45, 7) is 2.74. The number of benzene rings is 1. The average molecular weight is 270 g/mol. The molecule has 0 aliphatic carbocycles. The molecule has 0 radical (unpaired) electrons. The molecule has 0 amide bonds. The summed E-state index contributed by atoms with van der Waals surface area (Å²) in [5.74, 6) is -0.747. The van der Waals surface area contributed by atoms with Gasteiger partial charge in [0, 0.05) is 6.04 Å². The van der Waals surface area contributed by atoms with Gasteiger partial charge in [-0.3, -0.25) is 4.79 Å². The van der Waals surface area contributed by atoms with Crippen molar-refractivity contribution >= 4 is 18.4 Å². The molecule has 1 saturated heterocycles. The molecule has 0 spiro atoms. The minimum atomic E-state index is -0.832. The SMILES string of the molecule is CC(C(=O)O)(c1ccccc1)C1CCCCN1.Cl. The van der Waals surface area contributed by atoms with Gasteiger partial charge in [-0.15, -0.1) is 12.4 Å². The topological polar surface area (TPSA) is 49.3 Å². The van der Waals surface area contributed by atoms with Gasteiger partial charge in [0.25, 0.3) is 0 Å². The lowest BCUT2D eigenvalue weighted by Crippen LogP contribution is -2.53. The second-order valence-corrected chi connectivity index (χ2v) is 4.88. The highest BCUT2D eigenvalue weighted by atomic mass is 35.5. The summed E-state index contributed by atoms with van der Waals surface area (Å²) in [6.07, 6.45) is 3.17. The summed E-state index contributed by atoms with van der Waals surface area (Å²) in [5, 5.41) is 13.0. The maximum absolute atomic E-state index is 11.7. The third kappa shape index (κ3) is 2.68. The van der Waals surface area contributed by atoms with Crippen molar-refractivity contribution in [3.05, 3.63) is 35.9 Å². The quantitative estimate of drug-likeness (QED) is 0.887. The second kappa shape index (κ2) is 6.21. The number of nitrogens with one attached hydrogen (secondary N) is 1. The summed E-state index contributed by atoms with van der Waals surface area (Å²) in [4.78, 5) is 11.7. The Bertz CT molecular complexity index is 390. The Balaban J connectivity index is 0.00000162.